The summed E-state index contributed by atoms with van der Waals surface area (Å²) in [5.41, 5.74) is 3.91. The molecular weight excluding hydrogens is 449 g/mol. The highest BCUT2D eigenvalue weighted by Gasteiger charge is 2.37. The molecule has 136 valence electrons. The quantitative estimate of drug-likeness (QED) is 0.492. The highest BCUT2D eigenvalue weighted by atomic mass is 127. The Morgan fingerprint density at radius 1 is 1.08 bits per heavy atom. The summed E-state index contributed by atoms with van der Waals surface area (Å²) in [6.45, 7) is 1.12. The van der Waals surface area contributed by atoms with Crippen LogP contribution in [0, 0.1) is 0 Å². The van der Waals surface area contributed by atoms with Crippen molar-refractivity contribution in [3.05, 3.63) is 58.1 Å². The number of fused-ring (bicyclic) bond motifs is 1. The van der Waals surface area contributed by atoms with E-state index < -0.39 is 0 Å². The topological polar surface area (TPSA) is 18.5 Å². The van der Waals surface area contributed by atoms with E-state index in [2.05, 4.69) is 38.4 Å². The fourth-order valence-corrected chi connectivity index (χ4v) is 3.99. The number of nitrogens with zero attached hydrogens (tertiary/aromatic N) is 1. The third-order valence-electron chi connectivity index (χ3n) is 5.15. The SMILES string of the molecule is COc1ccc(CC2c3c(Cl)cccc3CC[N+]2(C)C)cc1OC.[I-]. The molecule has 0 amide bonds. The number of ether oxygens (including phenoxy) is 2. The van der Waals surface area contributed by atoms with Crippen LogP contribution in [0.25, 0.3) is 0 Å². The van der Waals surface area contributed by atoms with Crippen molar-refractivity contribution in [2.75, 3.05) is 34.9 Å². The zero-order valence-electron chi connectivity index (χ0n) is 15.2. The lowest BCUT2D eigenvalue weighted by atomic mass is 9.87. The summed E-state index contributed by atoms with van der Waals surface area (Å²) in [5.74, 6) is 1.53. The molecule has 0 spiro atoms. The molecule has 3 rings (SSSR count). The van der Waals surface area contributed by atoms with Crippen LogP contribution in [-0.2, 0) is 12.8 Å². The summed E-state index contributed by atoms with van der Waals surface area (Å²) in [5, 5.41) is 0.879. The molecule has 0 aliphatic carbocycles. The molecule has 3 nitrogen and oxygen atoms in total. The van der Waals surface area contributed by atoms with E-state index in [1.54, 1.807) is 14.2 Å². The average Bonchev–Trinajstić information content (AvgIpc) is 2.57. The molecule has 0 N–H and O–H groups in total. The third kappa shape index (κ3) is 4.07. The van der Waals surface area contributed by atoms with Crippen molar-refractivity contribution in [3.8, 4) is 11.5 Å². The zero-order chi connectivity index (χ0) is 17.3. The first-order valence-electron chi connectivity index (χ1n) is 8.27. The average molecular weight is 474 g/mol. The van der Waals surface area contributed by atoms with E-state index in [1.807, 2.05) is 12.1 Å². The van der Waals surface area contributed by atoms with Crippen LogP contribution < -0.4 is 33.5 Å². The number of rotatable bonds is 4. The van der Waals surface area contributed by atoms with Crippen molar-refractivity contribution >= 4 is 11.6 Å². The number of hydrogen-bond acceptors (Lipinski definition) is 2. The van der Waals surface area contributed by atoms with E-state index in [9.17, 15) is 0 Å². The number of methoxy groups -OCH3 is 2. The molecule has 5 heteroatoms. The fraction of sp³-hybridized carbons (Fsp3) is 0.400. The lowest BCUT2D eigenvalue weighted by Crippen LogP contribution is -3.00. The van der Waals surface area contributed by atoms with Gasteiger partial charge in [-0.3, -0.25) is 0 Å². The van der Waals surface area contributed by atoms with E-state index in [0.29, 0.717) is 6.04 Å². The first-order valence-corrected chi connectivity index (χ1v) is 8.65. The largest absolute Gasteiger partial charge is 1.00 e. The van der Waals surface area contributed by atoms with Crippen LogP contribution in [-0.4, -0.2) is 39.3 Å². The van der Waals surface area contributed by atoms with Crippen molar-refractivity contribution in [1.29, 1.82) is 0 Å². The Labute approximate surface area is 172 Å². The van der Waals surface area contributed by atoms with Crippen LogP contribution in [0.3, 0.4) is 0 Å². The van der Waals surface area contributed by atoms with Gasteiger partial charge in [-0.1, -0.05) is 29.8 Å². The third-order valence-corrected chi connectivity index (χ3v) is 5.48. The minimum absolute atomic E-state index is 0. The molecular formula is C20H25ClINO2. The second-order valence-corrected chi connectivity index (χ2v) is 7.38. The normalized spacial score (nSPS) is 18.0. The summed E-state index contributed by atoms with van der Waals surface area (Å²) < 4.78 is 11.7. The first kappa shape index (κ1) is 20.3. The van der Waals surface area contributed by atoms with Gasteiger partial charge in [0.15, 0.2) is 11.5 Å². The van der Waals surface area contributed by atoms with Gasteiger partial charge in [0.1, 0.15) is 6.04 Å². The molecule has 1 aliphatic rings. The number of benzene rings is 2. The second kappa shape index (κ2) is 8.14. The molecule has 1 atom stereocenters. The summed E-state index contributed by atoms with van der Waals surface area (Å²) in [4.78, 5) is 0. The van der Waals surface area contributed by atoms with E-state index >= 15 is 0 Å². The Kier molecular flexibility index (Phi) is 6.62. The minimum atomic E-state index is 0. The summed E-state index contributed by atoms with van der Waals surface area (Å²) in [6.07, 6.45) is 2.00. The van der Waals surface area contributed by atoms with Crippen molar-refractivity contribution < 1.29 is 37.9 Å². The molecule has 0 saturated carbocycles. The predicted octanol–water partition coefficient (Wildman–Crippen LogP) is 1.28. The number of quaternary nitrogens is 1. The van der Waals surface area contributed by atoms with Gasteiger partial charge < -0.3 is 37.9 Å². The second-order valence-electron chi connectivity index (χ2n) is 6.97. The maximum Gasteiger partial charge on any atom is 0.160 e. The molecule has 0 saturated heterocycles. The molecule has 0 fully saturated rings. The van der Waals surface area contributed by atoms with Crippen molar-refractivity contribution in [2.45, 2.75) is 18.9 Å². The lowest BCUT2D eigenvalue weighted by Gasteiger charge is -2.43. The van der Waals surface area contributed by atoms with Crippen molar-refractivity contribution in [3.63, 3.8) is 0 Å². The van der Waals surface area contributed by atoms with Gasteiger partial charge in [0.2, 0.25) is 0 Å². The Balaban J connectivity index is 0.00000225. The molecule has 0 radical (unpaired) electrons. The zero-order valence-corrected chi connectivity index (χ0v) is 18.1. The number of likely N-dealkylation sites (N-methyl/N-ethyl adjacent to an activating group) is 1. The van der Waals surface area contributed by atoms with Gasteiger partial charge in [-0.15, -0.1) is 0 Å². The van der Waals surface area contributed by atoms with E-state index in [0.717, 1.165) is 40.4 Å². The summed E-state index contributed by atoms with van der Waals surface area (Å²) in [6, 6.07) is 12.8. The number of hydrogen-bond donors (Lipinski definition) is 0. The van der Waals surface area contributed by atoms with Gasteiger partial charge in [-0.2, -0.15) is 0 Å². The monoisotopic (exact) mass is 473 g/mol. The molecule has 1 heterocycles. The van der Waals surface area contributed by atoms with Crippen LogP contribution in [0.4, 0.5) is 0 Å². The molecule has 1 aliphatic heterocycles. The van der Waals surface area contributed by atoms with Crippen LogP contribution >= 0.6 is 11.6 Å². The molecule has 1 unspecified atom stereocenters. The van der Waals surface area contributed by atoms with Crippen molar-refractivity contribution in [2.24, 2.45) is 0 Å². The molecule has 0 bridgehead atoms. The Hall–Kier alpha value is -0.980. The highest BCUT2D eigenvalue weighted by molar-refractivity contribution is 6.31. The van der Waals surface area contributed by atoms with Gasteiger partial charge in [-0.05, 0) is 29.3 Å². The van der Waals surface area contributed by atoms with E-state index in [-0.39, 0.29) is 24.0 Å². The number of halogens is 2. The first-order chi connectivity index (χ1) is 11.5. The van der Waals surface area contributed by atoms with E-state index in [1.165, 1.54) is 16.7 Å². The molecule has 2 aromatic carbocycles. The fourth-order valence-electron chi connectivity index (χ4n) is 3.67. The van der Waals surface area contributed by atoms with Gasteiger partial charge in [0, 0.05) is 23.4 Å². The van der Waals surface area contributed by atoms with Gasteiger partial charge in [0.05, 0.1) is 34.9 Å². The Morgan fingerprint density at radius 2 is 1.80 bits per heavy atom. The van der Waals surface area contributed by atoms with E-state index in [4.69, 9.17) is 21.1 Å². The Bertz CT molecular complexity index is 748. The maximum atomic E-state index is 6.58. The Morgan fingerprint density at radius 3 is 2.48 bits per heavy atom. The summed E-state index contributed by atoms with van der Waals surface area (Å²) >= 11 is 6.58. The van der Waals surface area contributed by atoms with Gasteiger partial charge >= 0.3 is 0 Å². The minimum Gasteiger partial charge on any atom is -1.00 e. The standard InChI is InChI=1S/C20H25ClNO2.HI/c1-22(2)11-10-15-6-5-7-16(21)20(15)17(22)12-14-8-9-18(23-3)19(13-14)24-4;/h5-9,13,17H,10-12H2,1-4H3;1H/q+1;/p-1. The van der Waals surface area contributed by atoms with Gasteiger partial charge in [-0.25, -0.2) is 0 Å². The van der Waals surface area contributed by atoms with Crippen LogP contribution in [0.2, 0.25) is 5.02 Å². The molecule has 0 aromatic heterocycles. The highest BCUT2D eigenvalue weighted by Crippen LogP contribution is 2.40. The van der Waals surface area contributed by atoms with Crippen LogP contribution in [0.5, 0.6) is 11.5 Å². The van der Waals surface area contributed by atoms with Crippen LogP contribution in [0.1, 0.15) is 22.7 Å². The predicted molar refractivity (Wildman–Crippen MR) is 98.1 cm³/mol. The maximum absolute atomic E-state index is 6.58. The smallest absolute Gasteiger partial charge is 0.160 e. The van der Waals surface area contributed by atoms with Crippen molar-refractivity contribution in [1.82, 2.24) is 0 Å². The molecule has 25 heavy (non-hydrogen) atoms. The van der Waals surface area contributed by atoms with Gasteiger partial charge in [0.25, 0.3) is 0 Å². The van der Waals surface area contributed by atoms with Crippen LogP contribution in [0.15, 0.2) is 36.4 Å². The molecule has 2 aromatic rings. The lowest BCUT2D eigenvalue weighted by molar-refractivity contribution is -0.923. The summed E-state index contributed by atoms with van der Waals surface area (Å²) in [7, 11) is 7.92.